The van der Waals surface area contributed by atoms with Crippen molar-refractivity contribution in [3.8, 4) is 0 Å². The number of likely N-dealkylation sites (tertiary alicyclic amines) is 1. The molecular formula is C25H36N4O3. The zero-order valence-corrected chi connectivity index (χ0v) is 20.1. The first-order valence-electron chi connectivity index (χ1n) is 11.5. The molecule has 0 saturated carbocycles. The number of anilines is 1. The van der Waals surface area contributed by atoms with Crippen LogP contribution in [0.5, 0.6) is 0 Å². The molecular weight excluding hydrogens is 404 g/mol. The molecule has 2 heterocycles. The van der Waals surface area contributed by atoms with Gasteiger partial charge in [0, 0.05) is 44.5 Å². The van der Waals surface area contributed by atoms with E-state index in [1.165, 1.54) is 11.1 Å². The minimum absolute atomic E-state index is 0.0380. The molecule has 32 heavy (non-hydrogen) atoms. The zero-order chi connectivity index (χ0) is 23.4. The molecule has 2 aromatic rings. The van der Waals surface area contributed by atoms with Gasteiger partial charge in [0.2, 0.25) is 5.91 Å². The molecule has 0 bridgehead atoms. The second-order valence-corrected chi connectivity index (χ2v) is 9.26. The van der Waals surface area contributed by atoms with Crippen molar-refractivity contribution in [2.45, 2.75) is 58.4 Å². The van der Waals surface area contributed by atoms with Crippen LogP contribution in [0.2, 0.25) is 0 Å². The monoisotopic (exact) mass is 440 g/mol. The number of hydrogen-bond donors (Lipinski definition) is 1. The Morgan fingerprint density at radius 3 is 2.41 bits per heavy atom. The molecule has 0 radical (unpaired) electrons. The first kappa shape index (κ1) is 23.8. The fourth-order valence-corrected chi connectivity index (χ4v) is 4.52. The lowest BCUT2D eigenvalue weighted by Crippen LogP contribution is -2.43. The summed E-state index contributed by atoms with van der Waals surface area (Å²) in [5, 5.41) is 7.73. The Balaban J connectivity index is 1.65. The molecule has 1 aromatic heterocycles. The molecule has 0 aliphatic carbocycles. The van der Waals surface area contributed by atoms with E-state index in [1.54, 1.807) is 22.8 Å². The van der Waals surface area contributed by atoms with Gasteiger partial charge in [-0.15, -0.1) is 0 Å². The number of aromatic nitrogens is 2. The summed E-state index contributed by atoms with van der Waals surface area (Å²) < 4.78 is 7.37. The lowest BCUT2D eigenvalue weighted by molar-refractivity contribution is -0.155. The highest BCUT2D eigenvalue weighted by Crippen LogP contribution is 2.36. The first-order valence-corrected chi connectivity index (χ1v) is 11.5. The molecule has 1 aliphatic heterocycles. The number of nitrogens with zero attached hydrogens (tertiary/aromatic N) is 3. The fraction of sp³-hybridized carbons (Fsp3) is 0.560. The topological polar surface area (TPSA) is 76.5 Å². The maximum Gasteiger partial charge on any atom is 0.311 e. The molecule has 3 rings (SSSR count). The minimum atomic E-state index is -0.393. The van der Waals surface area contributed by atoms with Crippen LogP contribution in [-0.4, -0.2) is 46.8 Å². The Kier molecular flexibility index (Phi) is 7.59. The van der Waals surface area contributed by atoms with Crippen LogP contribution in [-0.2, 0) is 21.4 Å². The van der Waals surface area contributed by atoms with Gasteiger partial charge < -0.3 is 15.0 Å². The summed E-state index contributed by atoms with van der Waals surface area (Å²) in [6, 6.07) is 6.06. The lowest BCUT2D eigenvalue weighted by Gasteiger charge is -2.37. The van der Waals surface area contributed by atoms with Crippen molar-refractivity contribution in [3.63, 3.8) is 0 Å². The molecule has 2 atom stereocenters. The normalized spacial score (nSPS) is 19.0. The summed E-state index contributed by atoms with van der Waals surface area (Å²) in [6.45, 7) is 9.55. The van der Waals surface area contributed by atoms with Gasteiger partial charge in [-0.3, -0.25) is 14.3 Å². The van der Waals surface area contributed by atoms with Gasteiger partial charge in [0.25, 0.3) is 0 Å². The quantitative estimate of drug-likeness (QED) is 0.491. The molecule has 0 spiro atoms. The van der Waals surface area contributed by atoms with Gasteiger partial charge in [0.1, 0.15) is 6.61 Å². The van der Waals surface area contributed by atoms with Crippen LogP contribution in [0.15, 0.2) is 30.6 Å². The predicted octanol–water partition coefficient (Wildman–Crippen LogP) is 4.23. The van der Waals surface area contributed by atoms with E-state index in [4.69, 9.17) is 4.74 Å². The van der Waals surface area contributed by atoms with Gasteiger partial charge in [-0.1, -0.05) is 45.9 Å². The molecule has 1 aliphatic rings. The van der Waals surface area contributed by atoms with Crippen molar-refractivity contribution >= 4 is 17.6 Å². The van der Waals surface area contributed by atoms with Crippen molar-refractivity contribution in [2.75, 3.05) is 25.5 Å². The molecule has 1 amide bonds. The number of nitrogens with one attached hydrogen (secondary N) is 1. The van der Waals surface area contributed by atoms with Gasteiger partial charge in [-0.25, -0.2) is 0 Å². The third kappa shape index (κ3) is 5.14. The summed E-state index contributed by atoms with van der Waals surface area (Å²) >= 11 is 0. The van der Waals surface area contributed by atoms with Gasteiger partial charge in [0.15, 0.2) is 0 Å². The van der Waals surface area contributed by atoms with Crippen LogP contribution in [0, 0.1) is 5.92 Å². The average Bonchev–Trinajstić information content (AvgIpc) is 3.18. The number of rotatable bonds is 8. The van der Waals surface area contributed by atoms with Gasteiger partial charge in [-0.05, 0) is 29.4 Å². The third-order valence-corrected chi connectivity index (χ3v) is 6.25. The number of aryl methyl sites for hydroxylation is 1. The number of hydrogen-bond acceptors (Lipinski definition) is 5. The van der Waals surface area contributed by atoms with Crippen LogP contribution in [0.1, 0.15) is 75.1 Å². The fourth-order valence-electron chi connectivity index (χ4n) is 4.52. The molecule has 1 fully saturated rings. The minimum Gasteiger partial charge on any atom is -0.464 e. The number of esters is 1. The van der Waals surface area contributed by atoms with Crippen molar-refractivity contribution in [1.29, 1.82) is 0 Å². The molecule has 1 aromatic carbocycles. The number of piperidine rings is 1. The molecule has 1 saturated heterocycles. The van der Waals surface area contributed by atoms with Crippen LogP contribution in [0.4, 0.5) is 5.69 Å². The SMILES string of the molecule is CC(C)c1cccc(C(C)C)c1NCCOC(=O)[C@H]1CCC(=O)N(C)[C@@H]1c1cnn(C)c1. The summed E-state index contributed by atoms with van der Waals surface area (Å²) in [4.78, 5) is 26.9. The van der Waals surface area contributed by atoms with Crippen molar-refractivity contribution < 1.29 is 14.3 Å². The van der Waals surface area contributed by atoms with E-state index >= 15 is 0 Å². The van der Waals surface area contributed by atoms with Gasteiger partial charge >= 0.3 is 5.97 Å². The molecule has 7 nitrogen and oxygen atoms in total. The van der Waals surface area contributed by atoms with E-state index < -0.39 is 5.92 Å². The Hall–Kier alpha value is -2.83. The van der Waals surface area contributed by atoms with Crippen LogP contribution < -0.4 is 5.32 Å². The summed E-state index contributed by atoms with van der Waals surface area (Å²) in [5.41, 5.74) is 4.54. The number of carbonyl (C=O) groups excluding carboxylic acids is 2. The highest BCUT2D eigenvalue weighted by molar-refractivity contribution is 5.82. The van der Waals surface area contributed by atoms with E-state index in [-0.39, 0.29) is 24.5 Å². The van der Waals surface area contributed by atoms with Crippen LogP contribution in [0.3, 0.4) is 0 Å². The second kappa shape index (κ2) is 10.2. The molecule has 0 unspecified atom stereocenters. The lowest BCUT2D eigenvalue weighted by atomic mass is 9.86. The van der Waals surface area contributed by atoms with Gasteiger partial charge in [0.05, 0.1) is 18.2 Å². The van der Waals surface area contributed by atoms with Crippen molar-refractivity contribution in [1.82, 2.24) is 14.7 Å². The van der Waals surface area contributed by atoms with Crippen molar-refractivity contribution in [3.05, 3.63) is 47.3 Å². The van der Waals surface area contributed by atoms with Crippen LogP contribution >= 0.6 is 0 Å². The summed E-state index contributed by atoms with van der Waals surface area (Å²) in [5.74, 6) is 0.178. The van der Waals surface area contributed by atoms with E-state index in [0.29, 0.717) is 31.2 Å². The smallest absolute Gasteiger partial charge is 0.311 e. The summed E-state index contributed by atoms with van der Waals surface area (Å²) in [6.07, 6.45) is 4.42. The predicted molar refractivity (Wildman–Crippen MR) is 126 cm³/mol. The maximum absolute atomic E-state index is 13.0. The van der Waals surface area contributed by atoms with E-state index in [9.17, 15) is 9.59 Å². The highest BCUT2D eigenvalue weighted by Gasteiger charge is 2.40. The van der Waals surface area contributed by atoms with Crippen molar-refractivity contribution in [2.24, 2.45) is 13.0 Å². The Morgan fingerprint density at radius 2 is 1.84 bits per heavy atom. The molecule has 1 N–H and O–H groups in total. The van der Waals surface area contributed by atoms with Gasteiger partial charge in [-0.2, -0.15) is 5.10 Å². The second-order valence-electron chi connectivity index (χ2n) is 9.26. The summed E-state index contributed by atoms with van der Waals surface area (Å²) in [7, 11) is 3.57. The number of benzene rings is 1. The first-order chi connectivity index (χ1) is 15.2. The average molecular weight is 441 g/mol. The van der Waals surface area contributed by atoms with E-state index in [1.807, 2.05) is 13.2 Å². The number of amides is 1. The number of para-hydroxylation sites is 1. The van der Waals surface area contributed by atoms with Crippen LogP contribution in [0.25, 0.3) is 0 Å². The Labute approximate surface area is 191 Å². The standard InChI is InChI=1S/C25H36N4O3/c1-16(2)19-8-7-9-20(17(3)4)23(19)26-12-13-32-25(31)21-10-11-22(30)29(6)24(21)18-14-27-28(5)15-18/h7-9,14-17,21,24,26H,10-13H2,1-6H3/t21-,24+/m0/s1. The van der Waals surface area contributed by atoms with E-state index in [2.05, 4.69) is 56.3 Å². The molecule has 174 valence electrons. The number of ether oxygens (including phenoxy) is 1. The zero-order valence-electron chi connectivity index (χ0n) is 20.1. The maximum atomic E-state index is 13.0. The van der Waals surface area contributed by atoms with E-state index in [0.717, 1.165) is 11.3 Å². The Morgan fingerprint density at radius 1 is 1.19 bits per heavy atom. The largest absolute Gasteiger partial charge is 0.464 e. The number of carbonyl (C=O) groups is 2. The highest BCUT2D eigenvalue weighted by atomic mass is 16.5. The Bertz CT molecular complexity index is 924. The third-order valence-electron chi connectivity index (χ3n) is 6.25. The molecule has 7 heteroatoms.